The fourth-order valence-corrected chi connectivity index (χ4v) is 1.63. The molecule has 86 valence electrons. The summed E-state index contributed by atoms with van der Waals surface area (Å²) in [6.45, 7) is 3.37. The van der Waals surface area contributed by atoms with E-state index < -0.39 is 11.5 Å². The van der Waals surface area contributed by atoms with E-state index in [-0.39, 0.29) is 5.91 Å². The van der Waals surface area contributed by atoms with Crippen molar-refractivity contribution in [3.8, 4) is 0 Å². The van der Waals surface area contributed by atoms with Gasteiger partial charge in [-0.25, -0.2) is 4.79 Å². The molecule has 1 aliphatic carbocycles. The van der Waals surface area contributed by atoms with Gasteiger partial charge in [0.2, 0.25) is 5.91 Å². The highest BCUT2D eigenvalue weighted by molar-refractivity contribution is 5.87. The first-order valence-corrected chi connectivity index (χ1v) is 5.36. The van der Waals surface area contributed by atoms with Crippen LogP contribution in [0.4, 0.5) is 0 Å². The summed E-state index contributed by atoms with van der Waals surface area (Å²) >= 11 is 0. The highest BCUT2D eigenvalue weighted by atomic mass is 16.4. The number of carbonyl (C=O) groups excluding carboxylic acids is 1. The van der Waals surface area contributed by atoms with Crippen molar-refractivity contribution >= 4 is 11.9 Å². The zero-order chi connectivity index (χ0) is 11.3. The highest BCUT2D eigenvalue weighted by Crippen LogP contribution is 2.31. The molecule has 0 bridgehead atoms. The molecule has 15 heavy (non-hydrogen) atoms. The van der Waals surface area contributed by atoms with Crippen LogP contribution in [0, 0.1) is 0 Å². The molecule has 1 saturated carbocycles. The molecule has 0 saturated heterocycles. The van der Waals surface area contributed by atoms with Crippen molar-refractivity contribution < 1.29 is 14.7 Å². The lowest BCUT2D eigenvalue weighted by Crippen LogP contribution is -2.59. The number of nitrogens with one attached hydrogen (secondary N) is 2. The van der Waals surface area contributed by atoms with Crippen molar-refractivity contribution in [3.05, 3.63) is 0 Å². The van der Waals surface area contributed by atoms with E-state index in [2.05, 4.69) is 10.6 Å². The van der Waals surface area contributed by atoms with Crippen LogP contribution >= 0.6 is 0 Å². The molecule has 0 atom stereocenters. The summed E-state index contributed by atoms with van der Waals surface area (Å²) in [6.07, 6.45) is 2.31. The zero-order valence-corrected chi connectivity index (χ0v) is 9.01. The molecular formula is C10H18N2O3. The topological polar surface area (TPSA) is 78.4 Å². The Balaban J connectivity index is 2.32. The lowest BCUT2D eigenvalue weighted by atomic mass is 9.76. The van der Waals surface area contributed by atoms with Gasteiger partial charge >= 0.3 is 5.97 Å². The van der Waals surface area contributed by atoms with Crippen LogP contribution in [0.3, 0.4) is 0 Å². The van der Waals surface area contributed by atoms with Gasteiger partial charge in [-0.05, 0) is 25.8 Å². The maximum absolute atomic E-state index is 11.4. The molecule has 5 heteroatoms. The van der Waals surface area contributed by atoms with E-state index in [1.165, 1.54) is 0 Å². The molecule has 1 fully saturated rings. The zero-order valence-electron chi connectivity index (χ0n) is 9.01. The van der Waals surface area contributed by atoms with Crippen LogP contribution in [0.1, 0.15) is 32.6 Å². The molecule has 0 aromatic carbocycles. The molecule has 1 aliphatic rings. The molecule has 0 unspecified atom stereocenters. The smallest absolute Gasteiger partial charge is 0.329 e. The van der Waals surface area contributed by atoms with Crippen LogP contribution in [0.25, 0.3) is 0 Å². The molecule has 0 aromatic rings. The van der Waals surface area contributed by atoms with Crippen LogP contribution in [0.5, 0.6) is 0 Å². The van der Waals surface area contributed by atoms with Gasteiger partial charge in [-0.1, -0.05) is 6.92 Å². The number of rotatable bonds is 6. The van der Waals surface area contributed by atoms with Crippen molar-refractivity contribution in [1.29, 1.82) is 0 Å². The first kappa shape index (κ1) is 12.0. The van der Waals surface area contributed by atoms with Gasteiger partial charge in [0.1, 0.15) is 5.54 Å². The lowest BCUT2D eigenvalue weighted by Gasteiger charge is -2.38. The Bertz CT molecular complexity index is 249. The molecule has 3 N–H and O–H groups in total. The summed E-state index contributed by atoms with van der Waals surface area (Å²) < 4.78 is 0. The predicted octanol–water partition coefficient (Wildman–Crippen LogP) is 0.109. The van der Waals surface area contributed by atoms with Crippen LogP contribution < -0.4 is 10.6 Å². The van der Waals surface area contributed by atoms with Crippen molar-refractivity contribution in [3.63, 3.8) is 0 Å². The van der Waals surface area contributed by atoms with Gasteiger partial charge in [-0.15, -0.1) is 0 Å². The number of aliphatic carboxylic acids is 1. The Morgan fingerprint density at radius 2 is 2.07 bits per heavy atom. The fourth-order valence-electron chi connectivity index (χ4n) is 1.63. The minimum absolute atomic E-state index is 0.182. The first-order chi connectivity index (χ1) is 7.10. The Hall–Kier alpha value is -1.10. The van der Waals surface area contributed by atoms with Crippen molar-refractivity contribution in [2.75, 3.05) is 13.1 Å². The van der Waals surface area contributed by atoms with E-state index in [1.807, 2.05) is 6.92 Å². The van der Waals surface area contributed by atoms with E-state index >= 15 is 0 Å². The van der Waals surface area contributed by atoms with Crippen LogP contribution in [-0.4, -0.2) is 35.6 Å². The first-order valence-electron chi connectivity index (χ1n) is 5.36. The van der Waals surface area contributed by atoms with Crippen molar-refractivity contribution in [2.45, 2.75) is 38.1 Å². The standard InChI is InChI=1S/C10H18N2O3/c1-2-11-7-4-8(13)12-10(9(14)15)5-3-6-10/h11H,2-7H2,1H3,(H,12,13)(H,14,15). The lowest BCUT2D eigenvalue weighted by molar-refractivity contribution is -0.151. The van der Waals surface area contributed by atoms with Crippen LogP contribution in [0.15, 0.2) is 0 Å². The predicted molar refractivity (Wildman–Crippen MR) is 55.5 cm³/mol. The molecule has 0 radical (unpaired) electrons. The van der Waals surface area contributed by atoms with Gasteiger partial charge in [-0.3, -0.25) is 4.79 Å². The van der Waals surface area contributed by atoms with E-state index in [4.69, 9.17) is 5.11 Å². The normalized spacial score (nSPS) is 17.9. The Morgan fingerprint density at radius 1 is 1.40 bits per heavy atom. The summed E-state index contributed by atoms with van der Waals surface area (Å²) in [5, 5.41) is 14.6. The number of hydrogen-bond acceptors (Lipinski definition) is 3. The van der Waals surface area contributed by atoms with Gasteiger partial charge < -0.3 is 15.7 Å². The Kier molecular flexibility index (Phi) is 4.08. The van der Waals surface area contributed by atoms with E-state index in [9.17, 15) is 9.59 Å². The second kappa shape index (κ2) is 5.11. The second-order valence-electron chi connectivity index (χ2n) is 3.89. The van der Waals surface area contributed by atoms with Gasteiger partial charge in [0.15, 0.2) is 0 Å². The molecule has 1 rings (SSSR count). The molecule has 5 nitrogen and oxygen atoms in total. The minimum atomic E-state index is -0.969. The number of carboxylic acid groups (broad SMARTS) is 1. The summed E-state index contributed by atoms with van der Waals surface area (Å²) in [7, 11) is 0. The average molecular weight is 214 g/mol. The maximum Gasteiger partial charge on any atom is 0.329 e. The third-order valence-corrected chi connectivity index (χ3v) is 2.77. The quantitative estimate of drug-likeness (QED) is 0.548. The molecule has 1 amide bonds. The third-order valence-electron chi connectivity index (χ3n) is 2.77. The third kappa shape index (κ3) is 2.92. The Labute approximate surface area is 89.2 Å². The molecule has 0 heterocycles. The van der Waals surface area contributed by atoms with Gasteiger partial charge in [-0.2, -0.15) is 0 Å². The number of carbonyl (C=O) groups is 2. The monoisotopic (exact) mass is 214 g/mol. The Morgan fingerprint density at radius 3 is 2.47 bits per heavy atom. The molecule has 0 aliphatic heterocycles. The summed E-state index contributed by atoms with van der Waals surface area (Å²) in [5.74, 6) is -1.09. The van der Waals surface area contributed by atoms with Gasteiger partial charge in [0.25, 0.3) is 0 Å². The average Bonchev–Trinajstić information content (AvgIpc) is 2.11. The van der Waals surface area contributed by atoms with Crippen LogP contribution in [0.2, 0.25) is 0 Å². The fraction of sp³-hybridized carbons (Fsp3) is 0.800. The van der Waals surface area contributed by atoms with Crippen molar-refractivity contribution in [1.82, 2.24) is 10.6 Å². The number of carboxylic acids is 1. The number of amides is 1. The minimum Gasteiger partial charge on any atom is -0.480 e. The largest absolute Gasteiger partial charge is 0.480 e. The highest BCUT2D eigenvalue weighted by Gasteiger charge is 2.45. The van der Waals surface area contributed by atoms with Gasteiger partial charge in [0, 0.05) is 13.0 Å². The van der Waals surface area contributed by atoms with E-state index in [0.29, 0.717) is 25.8 Å². The van der Waals surface area contributed by atoms with E-state index in [0.717, 1.165) is 13.0 Å². The molecule has 0 spiro atoms. The second-order valence-corrected chi connectivity index (χ2v) is 3.89. The van der Waals surface area contributed by atoms with Crippen molar-refractivity contribution in [2.24, 2.45) is 0 Å². The summed E-state index contributed by atoms with van der Waals surface area (Å²) in [4.78, 5) is 22.4. The SMILES string of the molecule is CCNCCC(=O)NC1(C(=O)O)CCC1. The molecule has 0 aromatic heterocycles. The summed E-state index contributed by atoms with van der Waals surface area (Å²) in [6, 6.07) is 0. The van der Waals surface area contributed by atoms with Gasteiger partial charge in [0.05, 0.1) is 0 Å². The number of hydrogen-bond donors (Lipinski definition) is 3. The van der Waals surface area contributed by atoms with Crippen LogP contribution in [-0.2, 0) is 9.59 Å². The molecular weight excluding hydrogens is 196 g/mol. The summed E-state index contributed by atoms with van der Waals surface area (Å²) in [5.41, 5.74) is -0.969. The van der Waals surface area contributed by atoms with E-state index in [1.54, 1.807) is 0 Å². The maximum atomic E-state index is 11.4.